The summed E-state index contributed by atoms with van der Waals surface area (Å²) in [5.74, 6) is 0.191. The van der Waals surface area contributed by atoms with Gasteiger partial charge < -0.3 is 14.1 Å². The van der Waals surface area contributed by atoms with Crippen molar-refractivity contribution in [3.05, 3.63) is 54.2 Å². The Bertz CT molecular complexity index is 848. The van der Waals surface area contributed by atoms with Crippen molar-refractivity contribution in [3.63, 3.8) is 0 Å². The van der Waals surface area contributed by atoms with Crippen LogP contribution in [0.25, 0.3) is 0 Å². The topological polar surface area (TPSA) is 76.8 Å². The number of rotatable bonds is 6. The minimum Gasteiger partial charge on any atom is -0.481 e. The third-order valence-electron chi connectivity index (χ3n) is 4.31. The minimum atomic E-state index is -3.15. The van der Waals surface area contributed by atoms with E-state index in [0.717, 1.165) is 0 Å². The molecular weight excluding hydrogens is 361 g/mol. The Hall–Kier alpha value is -2.35. The Labute approximate surface area is 151 Å². The molecule has 3 rings (SSSR count). The Morgan fingerprint density at radius 3 is 2.65 bits per heavy atom. The van der Waals surface area contributed by atoms with Crippen LogP contribution in [0.2, 0.25) is 0 Å². The minimum absolute atomic E-state index is 0.0623. The van der Waals surface area contributed by atoms with Gasteiger partial charge in [0.05, 0.1) is 24.3 Å². The van der Waals surface area contributed by atoms with Gasteiger partial charge in [0.25, 0.3) is 5.91 Å². The van der Waals surface area contributed by atoms with Crippen LogP contribution >= 0.6 is 0 Å². The van der Waals surface area contributed by atoms with E-state index in [1.807, 2.05) is 0 Å². The van der Waals surface area contributed by atoms with E-state index in [1.54, 1.807) is 19.1 Å². The predicted molar refractivity (Wildman–Crippen MR) is 92.8 cm³/mol. The monoisotopic (exact) mass is 381 g/mol. The number of carbonyl (C=O) groups excluding carboxylic acids is 1. The van der Waals surface area contributed by atoms with Crippen LogP contribution in [0.5, 0.6) is 5.75 Å². The van der Waals surface area contributed by atoms with Gasteiger partial charge in [-0.3, -0.25) is 4.79 Å². The highest BCUT2D eigenvalue weighted by Gasteiger charge is 2.37. The molecule has 2 unspecified atom stereocenters. The SMILES string of the molecule is CC(Oc1ccc(F)cc1)C(=O)N(Cc1ccco1)C1CCS(=O)(=O)C1. The number of hydrogen-bond acceptors (Lipinski definition) is 5. The fraction of sp³-hybridized carbons (Fsp3) is 0.389. The maximum atomic E-state index is 13.0. The molecule has 0 N–H and O–H groups in total. The molecule has 0 aliphatic carbocycles. The van der Waals surface area contributed by atoms with E-state index < -0.39 is 27.8 Å². The lowest BCUT2D eigenvalue weighted by atomic mass is 10.2. The van der Waals surface area contributed by atoms with Crippen LogP contribution in [0.1, 0.15) is 19.1 Å². The van der Waals surface area contributed by atoms with Crippen molar-refractivity contribution in [1.82, 2.24) is 4.90 Å². The first-order chi connectivity index (χ1) is 12.3. The molecule has 1 amide bonds. The first-order valence-corrected chi connectivity index (χ1v) is 10.1. The second-order valence-corrected chi connectivity index (χ2v) is 8.55. The predicted octanol–water partition coefficient (Wildman–Crippen LogP) is 2.40. The summed E-state index contributed by atoms with van der Waals surface area (Å²) in [5.41, 5.74) is 0. The molecule has 140 valence electrons. The lowest BCUT2D eigenvalue weighted by molar-refractivity contribution is -0.140. The number of sulfone groups is 1. The molecule has 26 heavy (non-hydrogen) atoms. The average Bonchev–Trinajstić information content (AvgIpc) is 3.23. The van der Waals surface area contributed by atoms with E-state index in [4.69, 9.17) is 9.15 Å². The maximum absolute atomic E-state index is 13.0. The number of furan rings is 1. The third-order valence-corrected chi connectivity index (χ3v) is 6.06. The summed E-state index contributed by atoms with van der Waals surface area (Å²) in [5, 5.41) is 0. The van der Waals surface area contributed by atoms with E-state index in [0.29, 0.717) is 17.9 Å². The second kappa shape index (κ2) is 7.49. The number of carbonyl (C=O) groups is 1. The van der Waals surface area contributed by atoms with Gasteiger partial charge >= 0.3 is 0 Å². The molecule has 2 atom stereocenters. The molecule has 1 aliphatic heterocycles. The fourth-order valence-electron chi connectivity index (χ4n) is 2.98. The zero-order chi connectivity index (χ0) is 18.7. The summed E-state index contributed by atoms with van der Waals surface area (Å²) in [6.07, 6.45) is 1.04. The number of ether oxygens (including phenoxy) is 1. The molecule has 2 heterocycles. The fourth-order valence-corrected chi connectivity index (χ4v) is 4.71. The standard InChI is InChI=1S/C18H20FNO5S/c1-13(25-16-6-4-14(19)5-7-16)18(21)20(11-17-3-2-9-24-17)15-8-10-26(22,23)12-15/h2-7,9,13,15H,8,10-12H2,1H3. The molecular formula is C18H20FNO5S. The van der Waals surface area contributed by atoms with Crippen LogP contribution in [-0.4, -0.2) is 42.9 Å². The quantitative estimate of drug-likeness (QED) is 0.768. The smallest absolute Gasteiger partial charge is 0.264 e. The van der Waals surface area contributed by atoms with Crippen molar-refractivity contribution in [2.24, 2.45) is 0 Å². The number of halogens is 1. The van der Waals surface area contributed by atoms with Crippen LogP contribution in [0, 0.1) is 5.82 Å². The van der Waals surface area contributed by atoms with E-state index in [2.05, 4.69) is 0 Å². The largest absolute Gasteiger partial charge is 0.481 e. The highest BCUT2D eigenvalue weighted by atomic mass is 32.2. The van der Waals surface area contributed by atoms with Gasteiger partial charge in [0.15, 0.2) is 15.9 Å². The highest BCUT2D eigenvalue weighted by Crippen LogP contribution is 2.22. The molecule has 0 saturated carbocycles. The number of amides is 1. The lowest BCUT2D eigenvalue weighted by Gasteiger charge is -2.30. The molecule has 1 saturated heterocycles. The summed E-state index contributed by atoms with van der Waals surface area (Å²) in [6.45, 7) is 1.76. The van der Waals surface area contributed by atoms with E-state index in [9.17, 15) is 17.6 Å². The summed E-state index contributed by atoms with van der Waals surface area (Å²) in [4.78, 5) is 14.4. The lowest BCUT2D eigenvalue weighted by Crippen LogP contribution is -2.46. The number of nitrogens with zero attached hydrogens (tertiary/aromatic N) is 1. The van der Waals surface area contributed by atoms with Crippen LogP contribution in [0.15, 0.2) is 47.1 Å². The summed E-state index contributed by atoms with van der Waals surface area (Å²) in [7, 11) is -3.15. The third kappa shape index (κ3) is 4.43. The molecule has 0 spiro atoms. The van der Waals surface area contributed by atoms with Crippen LogP contribution in [0.3, 0.4) is 0 Å². The first kappa shape index (κ1) is 18.4. The second-order valence-electron chi connectivity index (χ2n) is 6.32. The van der Waals surface area contributed by atoms with Crippen LogP contribution < -0.4 is 4.74 Å². The molecule has 1 fully saturated rings. The molecule has 6 nitrogen and oxygen atoms in total. The van der Waals surface area contributed by atoms with E-state index in [1.165, 1.54) is 35.4 Å². The summed E-state index contributed by atoms with van der Waals surface area (Å²) >= 11 is 0. The van der Waals surface area contributed by atoms with Crippen molar-refractivity contribution < 1.29 is 26.8 Å². The molecule has 1 aromatic heterocycles. The van der Waals surface area contributed by atoms with E-state index >= 15 is 0 Å². The van der Waals surface area contributed by atoms with Crippen molar-refractivity contribution in [1.29, 1.82) is 0 Å². The summed E-state index contributed by atoms with van der Waals surface area (Å²) in [6, 6.07) is 8.40. The molecule has 1 aromatic carbocycles. The van der Waals surface area contributed by atoms with Gasteiger partial charge in [-0.15, -0.1) is 0 Å². The Balaban J connectivity index is 1.76. The number of benzene rings is 1. The van der Waals surface area contributed by atoms with Crippen LogP contribution in [0.4, 0.5) is 4.39 Å². The summed E-state index contributed by atoms with van der Waals surface area (Å²) < 4.78 is 47.6. The molecule has 0 bridgehead atoms. The van der Waals surface area contributed by atoms with Gasteiger partial charge in [-0.1, -0.05) is 0 Å². The van der Waals surface area contributed by atoms with Crippen molar-refractivity contribution in [2.75, 3.05) is 11.5 Å². The number of hydrogen-bond donors (Lipinski definition) is 0. The maximum Gasteiger partial charge on any atom is 0.264 e. The van der Waals surface area contributed by atoms with Crippen molar-refractivity contribution >= 4 is 15.7 Å². The normalized spacial score (nSPS) is 19.8. The van der Waals surface area contributed by atoms with Gasteiger partial charge in [-0.2, -0.15) is 0 Å². The zero-order valence-corrected chi connectivity index (χ0v) is 15.1. The van der Waals surface area contributed by atoms with Crippen molar-refractivity contribution in [2.45, 2.75) is 32.0 Å². The van der Waals surface area contributed by atoms with Gasteiger partial charge in [0, 0.05) is 6.04 Å². The molecule has 1 aliphatic rings. The average molecular weight is 381 g/mol. The van der Waals surface area contributed by atoms with Gasteiger partial charge in [-0.25, -0.2) is 12.8 Å². The molecule has 2 aromatic rings. The van der Waals surface area contributed by atoms with E-state index in [-0.39, 0.29) is 24.0 Å². The molecule has 8 heteroatoms. The van der Waals surface area contributed by atoms with Crippen molar-refractivity contribution in [3.8, 4) is 5.75 Å². The zero-order valence-electron chi connectivity index (χ0n) is 14.3. The first-order valence-electron chi connectivity index (χ1n) is 8.29. The van der Waals surface area contributed by atoms with Gasteiger partial charge in [0.2, 0.25) is 0 Å². The van der Waals surface area contributed by atoms with Crippen LogP contribution in [-0.2, 0) is 21.2 Å². The Morgan fingerprint density at radius 1 is 1.35 bits per heavy atom. The van der Waals surface area contributed by atoms with Gasteiger partial charge in [-0.05, 0) is 49.7 Å². The Morgan fingerprint density at radius 2 is 2.08 bits per heavy atom. The Kier molecular flexibility index (Phi) is 5.31. The van der Waals surface area contributed by atoms with Gasteiger partial charge in [0.1, 0.15) is 17.3 Å². The molecule has 0 radical (unpaired) electrons. The highest BCUT2D eigenvalue weighted by molar-refractivity contribution is 7.91.